The Morgan fingerprint density at radius 3 is 2.00 bits per heavy atom. The van der Waals surface area contributed by atoms with Crippen LogP contribution in [0.25, 0.3) is 0 Å². The van der Waals surface area contributed by atoms with Crippen LogP contribution in [0.1, 0.15) is 12.8 Å². The van der Waals surface area contributed by atoms with Crippen LogP contribution in [0.15, 0.2) is 0 Å². The number of carbonyl (C=O) groups is 1. The zero-order chi connectivity index (χ0) is 14.8. The minimum absolute atomic E-state index is 0.00691. The molecule has 0 aromatic heterocycles. The fraction of sp³-hybridized carbons (Fsp3) is 0.900. The molecular weight excluding hydrogens is 306 g/mol. The van der Waals surface area contributed by atoms with Crippen LogP contribution < -0.4 is 16.2 Å². The summed E-state index contributed by atoms with van der Waals surface area (Å²) >= 11 is 0. The minimum Gasteiger partial charge on any atom is -0.351 e. The zero-order valence-corrected chi connectivity index (χ0v) is 12.6. The van der Waals surface area contributed by atoms with Crippen molar-refractivity contribution in [1.29, 1.82) is 0 Å². The molecule has 2 rings (SSSR count). The highest BCUT2D eigenvalue weighted by Gasteiger charge is 2.29. The molecule has 2 fully saturated rings. The summed E-state index contributed by atoms with van der Waals surface area (Å²) < 4.78 is 44.9. The lowest BCUT2D eigenvalue weighted by Gasteiger charge is -2.14. The van der Waals surface area contributed by atoms with Crippen LogP contribution in [0.2, 0.25) is 0 Å². The average molecular weight is 325 g/mol. The maximum Gasteiger partial charge on any atom is 0.235 e. The van der Waals surface area contributed by atoms with Crippen LogP contribution >= 0.6 is 0 Å². The monoisotopic (exact) mass is 325 g/mol. The molecular formula is C10H19N3O5S2. The SMILES string of the molecule is O=C(CNNC1CCS(=O)(=O)C1)NC1CCS(=O)(=O)C1. The fourth-order valence-corrected chi connectivity index (χ4v) is 5.72. The number of sulfone groups is 2. The Hall–Kier alpha value is -0.710. The van der Waals surface area contributed by atoms with Gasteiger partial charge in [0, 0.05) is 12.1 Å². The Balaban J connectivity index is 1.64. The van der Waals surface area contributed by atoms with E-state index in [1.165, 1.54) is 0 Å². The van der Waals surface area contributed by atoms with Gasteiger partial charge in [0.05, 0.1) is 29.6 Å². The lowest BCUT2D eigenvalue weighted by atomic mass is 10.2. The van der Waals surface area contributed by atoms with Gasteiger partial charge in [0.1, 0.15) is 0 Å². The van der Waals surface area contributed by atoms with Crippen molar-refractivity contribution in [2.24, 2.45) is 0 Å². The molecule has 0 aromatic carbocycles. The molecule has 2 heterocycles. The molecule has 2 unspecified atom stereocenters. The Morgan fingerprint density at radius 1 is 0.950 bits per heavy atom. The van der Waals surface area contributed by atoms with E-state index in [0.29, 0.717) is 12.8 Å². The van der Waals surface area contributed by atoms with Crippen molar-refractivity contribution >= 4 is 25.6 Å². The van der Waals surface area contributed by atoms with E-state index in [0.717, 1.165) is 0 Å². The van der Waals surface area contributed by atoms with Crippen LogP contribution in [0.4, 0.5) is 0 Å². The molecule has 0 aromatic rings. The highest BCUT2D eigenvalue weighted by molar-refractivity contribution is 7.91. The van der Waals surface area contributed by atoms with Crippen molar-refractivity contribution in [2.45, 2.75) is 24.9 Å². The molecule has 0 radical (unpaired) electrons. The molecule has 8 nitrogen and oxygen atoms in total. The second-order valence-electron chi connectivity index (χ2n) is 5.27. The van der Waals surface area contributed by atoms with Gasteiger partial charge in [0.15, 0.2) is 19.7 Å². The first-order valence-electron chi connectivity index (χ1n) is 6.44. The summed E-state index contributed by atoms with van der Waals surface area (Å²) in [5, 5.41) is 2.64. The molecule has 0 bridgehead atoms. The molecule has 116 valence electrons. The molecule has 2 aliphatic rings. The third kappa shape index (κ3) is 4.69. The molecule has 2 atom stereocenters. The number of hydrazine groups is 1. The van der Waals surface area contributed by atoms with E-state index in [2.05, 4.69) is 16.2 Å². The molecule has 2 aliphatic heterocycles. The zero-order valence-electron chi connectivity index (χ0n) is 11.0. The molecule has 3 N–H and O–H groups in total. The molecule has 2 saturated heterocycles. The standard InChI is InChI=1S/C10H19N3O5S2/c14-10(12-8-1-3-19(15,16)6-8)5-11-13-9-2-4-20(17,18)7-9/h8-9,11,13H,1-7H2,(H,12,14). The van der Waals surface area contributed by atoms with Crippen molar-refractivity contribution < 1.29 is 21.6 Å². The normalized spacial score (nSPS) is 31.2. The first-order chi connectivity index (χ1) is 9.26. The molecule has 0 aliphatic carbocycles. The van der Waals surface area contributed by atoms with Crippen molar-refractivity contribution in [3.8, 4) is 0 Å². The molecule has 20 heavy (non-hydrogen) atoms. The van der Waals surface area contributed by atoms with Crippen molar-refractivity contribution in [2.75, 3.05) is 29.6 Å². The lowest BCUT2D eigenvalue weighted by Crippen LogP contribution is -2.48. The first-order valence-corrected chi connectivity index (χ1v) is 10.1. The van der Waals surface area contributed by atoms with E-state index < -0.39 is 19.7 Å². The van der Waals surface area contributed by atoms with E-state index in [9.17, 15) is 21.6 Å². The smallest absolute Gasteiger partial charge is 0.235 e. The summed E-state index contributed by atoms with van der Waals surface area (Å²) in [5.74, 6) is 0.0397. The number of carbonyl (C=O) groups excluding carboxylic acids is 1. The Labute approximate surface area is 118 Å². The number of hydrogen-bond donors (Lipinski definition) is 3. The van der Waals surface area contributed by atoms with E-state index in [-0.39, 0.29) is 47.5 Å². The quantitative estimate of drug-likeness (QED) is 0.481. The lowest BCUT2D eigenvalue weighted by molar-refractivity contribution is -0.121. The van der Waals surface area contributed by atoms with Gasteiger partial charge >= 0.3 is 0 Å². The number of rotatable bonds is 5. The van der Waals surface area contributed by atoms with Gasteiger partial charge < -0.3 is 5.32 Å². The van der Waals surface area contributed by atoms with Crippen molar-refractivity contribution in [1.82, 2.24) is 16.2 Å². The van der Waals surface area contributed by atoms with Gasteiger partial charge in [-0.3, -0.25) is 10.2 Å². The highest BCUT2D eigenvalue weighted by atomic mass is 32.2. The topological polar surface area (TPSA) is 121 Å². The molecule has 0 spiro atoms. The molecule has 10 heteroatoms. The second-order valence-corrected chi connectivity index (χ2v) is 9.72. The summed E-state index contributed by atoms with van der Waals surface area (Å²) in [5.41, 5.74) is 5.48. The maximum absolute atomic E-state index is 11.6. The summed E-state index contributed by atoms with van der Waals surface area (Å²) in [6, 6.07) is -0.499. The number of amides is 1. The minimum atomic E-state index is -3.01. The largest absolute Gasteiger partial charge is 0.351 e. The van der Waals surface area contributed by atoms with Gasteiger partial charge in [-0.05, 0) is 12.8 Å². The number of nitrogens with one attached hydrogen (secondary N) is 3. The van der Waals surface area contributed by atoms with Crippen LogP contribution in [-0.2, 0) is 24.5 Å². The maximum atomic E-state index is 11.6. The van der Waals surface area contributed by atoms with Crippen LogP contribution in [-0.4, -0.2) is 64.4 Å². The fourth-order valence-electron chi connectivity index (χ4n) is 2.37. The highest BCUT2D eigenvalue weighted by Crippen LogP contribution is 2.11. The van der Waals surface area contributed by atoms with E-state index in [1.54, 1.807) is 0 Å². The van der Waals surface area contributed by atoms with Crippen LogP contribution in [0, 0.1) is 0 Å². The van der Waals surface area contributed by atoms with E-state index in [1.807, 2.05) is 0 Å². The van der Waals surface area contributed by atoms with Gasteiger partial charge in [-0.25, -0.2) is 22.3 Å². The summed E-state index contributed by atoms with van der Waals surface area (Å²) in [6.07, 6.45) is 0.972. The van der Waals surface area contributed by atoms with E-state index in [4.69, 9.17) is 0 Å². The van der Waals surface area contributed by atoms with Gasteiger partial charge in [-0.15, -0.1) is 0 Å². The third-order valence-electron chi connectivity index (χ3n) is 3.39. The van der Waals surface area contributed by atoms with Gasteiger partial charge in [0.2, 0.25) is 5.91 Å². The first kappa shape index (κ1) is 15.7. The Kier molecular flexibility index (Phi) is 4.67. The van der Waals surface area contributed by atoms with Gasteiger partial charge in [-0.1, -0.05) is 0 Å². The third-order valence-corrected chi connectivity index (χ3v) is 6.92. The van der Waals surface area contributed by atoms with Gasteiger partial charge in [-0.2, -0.15) is 0 Å². The average Bonchev–Trinajstić information content (AvgIpc) is 2.81. The molecule has 1 amide bonds. The Bertz CT molecular complexity index is 572. The predicted octanol–water partition coefficient (Wildman–Crippen LogP) is -2.43. The van der Waals surface area contributed by atoms with Crippen LogP contribution in [0.5, 0.6) is 0 Å². The van der Waals surface area contributed by atoms with Crippen molar-refractivity contribution in [3.05, 3.63) is 0 Å². The Morgan fingerprint density at radius 2 is 1.50 bits per heavy atom. The molecule has 0 saturated carbocycles. The second kappa shape index (κ2) is 5.96. The summed E-state index contributed by atoms with van der Waals surface area (Å²) in [7, 11) is -5.95. The summed E-state index contributed by atoms with van der Waals surface area (Å²) in [4.78, 5) is 11.6. The predicted molar refractivity (Wildman–Crippen MR) is 73.4 cm³/mol. The van der Waals surface area contributed by atoms with E-state index >= 15 is 0 Å². The van der Waals surface area contributed by atoms with Crippen LogP contribution in [0.3, 0.4) is 0 Å². The number of hydrogen-bond acceptors (Lipinski definition) is 7. The van der Waals surface area contributed by atoms with Crippen molar-refractivity contribution in [3.63, 3.8) is 0 Å². The summed E-state index contributed by atoms with van der Waals surface area (Å²) in [6.45, 7) is -0.0207. The van der Waals surface area contributed by atoms with Gasteiger partial charge in [0.25, 0.3) is 0 Å².